The number of aromatic carboxylic acids is 1. The number of imidazole rings is 1. The van der Waals surface area contributed by atoms with Gasteiger partial charge < -0.3 is 10.0 Å². The number of rotatable bonds is 4. The molecule has 0 spiro atoms. The molecule has 0 aromatic carbocycles. The van der Waals surface area contributed by atoms with E-state index in [-0.39, 0.29) is 18.1 Å². The fourth-order valence-corrected chi connectivity index (χ4v) is 2.46. The molecule has 0 aliphatic carbocycles. The Bertz CT molecular complexity index is 605. The number of halogens is 3. The van der Waals surface area contributed by atoms with Crippen molar-refractivity contribution in [1.82, 2.24) is 9.38 Å². The van der Waals surface area contributed by atoms with E-state index in [1.54, 1.807) is 5.38 Å². The molecule has 0 amide bonds. The molecule has 0 aliphatic rings. The summed E-state index contributed by atoms with van der Waals surface area (Å²) in [4.78, 5) is 16.5. The van der Waals surface area contributed by atoms with Gasteiger partial charge in [0.05, 0.1) is 0 Å². The molecule has 5 nitrogen and oxygen atoms in total. The van der Waals surface area contributed by atoms with Gasteiger partial charge in [-0.15, -0.1) is 11.3 Å². The summed E-state index contributed by atoms with van der Waals surface area (Å²) in [6.45, 7) is 0.310. The zero-order chi connectivity index (χ0) is 14.2. The molecular formula is C10H10F3N3O2S. The number of anilines is 1. The molecule has 9 heteroatoms. The molecule has 0 bridgehead atoms. The highest BCUT2D eigenvalue weighted by Gasteiger charge is 2.33. The minimum absolute atomic E-state index is 0.0185. The van der Waals surface area contributed by atoms with E-state index in [0.717, 1.165) is 4.90 Å². The maximum absolute atomic E-state index is 12.5. The van der Waals surface area contributed by atoms with Crippen LogP contribution in [0.5, 0.6) is 0 Å². The van der Waals surface area contributed by atoms with Crippen LogP contribution in [-0.4, -0.2) is 39.7 Å². The Morgan fingerprint density at radius 1 is 1.58 bits per heavy atom. The molecule has 19 heavy (non-hydrogen) atoms. The molecule has 0 atom stereocenters. The molecule has 0 fully saturated rings. The molecule has 0 saturated carbocycles. The Hall–Kier alpha value is -1.77. The van der Waals surface area contributed by atoms with Crippen LogP contribution >= 0.6 is 11.3 Å². The van der Waals surface area contributed by atoms with E-state index in [1.807, 2.05) is 0 Å². The van der Waals surface area contributed by atoms with E-state index in [4.69, 9.17) is 5.11 Å². The summed E-state index contributed by atoms with van der Waals surface area (Å²) >= 11 is 1.17. The molecule has 0 saturated heterocycles. The van der Waals surface area contributed by atoms with Crippen molar-refractivity contribution in [3.8, 4) is 0 Å². The van der Waals surface area contributed by atoms with Crippen LogP contribution in [-0.2, 0) is 0 Å². The van der Waals surface area contributed by atoms with Crippen molar-refractivity contribution in [3.05, 3.63) is 17.3 Å². The number of carboxylic acids is 1. The first-order valence-electron chi connectivity index (χ1n) is 5.34. The van der Waals surface area contributed by atoms with Gasteiger partial charge in [0.2, 0.25) is 0 Å². The molecule has 2 heterocycles. The molecule has 2 aromatic rings. The Balaban J connectivity index is 2.50. The Morgan fingerprint density at radius 3 is 2.79 bits per heavy atom. The number of aromatic nitrogens is 2. The van der Waals surface area contributed by atoms with Crippen LogP contribution in [0.2, 0.25) is 0 Å². The predicted molar refractivity (Wildman–Crippen MR) is 64.0 cm³/mol. The molecule has 1 N–H and O–H groups in total. The van der Waals surface area contributed by atoms with Gasteiger partial charge >= 0.3 is 12.1 Å². The first-order chi connectivity index (χ1) is 8.83. The molecule has 0 aliphatic heterocycles. The largest absolute Gasteiger partial charge is 0.476 e. The average molecular weight is 293 g/mol. The Labute approximate surface area is 109 Å². The number of hydrogen-bond donors (Lipinski definition) is 1. The number of alkyl halides is 3. The first-order valence-corrected chi connectivity index (χ1v) is 6.22. The van der Waals surface area contributed by atoms with E-state index in [9.17, 15) is 18.0 Å². The number of carbonyl (C=O) groups is 1. The van der Waals surface area contributed by atoms with Crippen molar-refractivity contribution in [2.75, 3.05) is 18.0 Å². The zero-order valence-corrected chi connectivity index (χ0v) is 10.6. The van der Waals surface area contributed by atoms with Gasteiger partial charge in [0.25, 0.3) is 0 Å². The quantitative estimate of drug-likeness (QED) is 0.941. The molecule has 2 rings (SSSR count). The van der Waals surface area contributed by atoms with E-state index >= 15 is 0 Å². The smallest absolute Gasteiger partial charge is 0.405 e. The van der Waals surface area contributed by atoms with Crippen LogP contribution in [0.25, 0.3) is 4.96 Å². The monoisotopic (exact) mass is 293 g/mol. The zero-order valence-electron chi connectivity index (χ0n) is 9.81. The summed E-state index contributed by atoms with van der Waals surface area (Å²) in [6.07, 6.45) is -2.94. The minimum atomic E-state index is -4.41. The number of thiazole rings is 1. The first kappa shape index (κ1) is 13.7. The fraction of sp³-hybridized carbons (Fsp3) is 0.400. The van der Waals surface area contributed by atoms with Gasteiger partial charge in [-0.3, -0.25) is 4.40 Å². The lowest BCUT2D eigenvalue weighted by molar-refractivity contribution is -0.119. The van der Waals surface area contributed by atoms with Crippen LogP contribution in [0, 0.1) is 0 Å². The standard InChI is InChI=1S/C10H10F3N3O2S/c1-2-15(5-10(11,12)13)7-6(8(17)18)16-3-4-19-9(16)14-7/h3-4H,2,5H2,1H3,(H,17,18). The van der Waals surface area contributed by atoms with Gasteiger partial charge in [0, 0.05) is 18.1 Å². The second-order valence-corrected chi connectivity index (χ2v) is 4.65. The summed E-state index contributed by atoms with van der Waals surface area (Å²) in [7, 11) is 0. The van der Waals surface area contributed by atoms with Gasteiger partial charge in [-0.2, -0.15) is 13.2 Å². The van der Waals surface area contributed by atoms with Crippen molar-refractivity contribution in [3.63, 3.8) is 0 Å². The van der Waals surface area contributed by atoms with Crippen LogP contribution in [0.15, 0.2) is 11.6 Å². The summed E-state index contributed by atoms with van der Waals surface area (Å²) in [5.41, 5.74) is -0.248. The Kier molecular flexibility index (Phi) is 3.40. The number of fused-ring (bicyclic) bond motifs is 1. The third-order valence-corrected chi connectivity index (χ3v) is 3.25. The predicted octanol–water partition coefficient (Wildman–Crippen LogP) is 2.48. The van der Waals surface area contributed by atoms with Crippen LogP contribution in [0.4, 0.5) is 19.0 Å². The van der Waals surface area contributed by atoms with E-state index in [1.165, 1.54) is 28.9 Å². The average Bonchev–Trinajstić information content (AvgIpc) is 2.82. The summed E-state index contributed by atoms with van der Waals surface area (Å²) in [6, 6.07) is 0. The number of hydrogen-bond acceptors (Lipinski definition) is 4. The SMILES string of the molecule is CCN(CC(F)(F)F)c1nc2sccn2c1C(=O)O. The molecule has 0 unspecified atom stereocenters. The second kappa shape index (κ2) is 4.72. The highest BCUT2D eigenvalue weighted by molar-refractivity contribution is 7.15. The normalized spacial score (nSPS) is 12.0. The van der Waals surface area contributed by atoms with E-state index in [0.29, 0.717) is 4.96 Å². The lowest BCUT2D eigenvalue weighted by atomic mass is 10.3. The maximum atomic E-state index is 12.5. The van der Waals surface area contributed by atoms with Gasteiger partial charge in [-0.1, -0.05) is 0 Å². The van der Waals surface area contributed by atoms with Crippen molar-refractivity contribution in [2.24, 2.45) is 0 Å². The summed E-state index contributed by atoms with van der Waals surface area (Å²) in [5.74, 6) is -1.46. The van der Waals surface area contributed by atoms with Crippen LogP contribution in [0.1, 0.15) is 17.4 Å². The lowest BCUT2D eigenvalue weighted by Gasteiger charge is -2.22. The molecule has 104 valence electrons. The lowest BCUT2D eigenvalue weighted by Crippen LogP contribution is -2.35. The summed E-state index contributed by atoms with van der Waals surface area (Å²) in [5, 5.41) is 10.8. The second-order valence-electron chi connectivity index (χ2n) is 3.77. The molecular weight excluding hydrogens is 283 g/mol. The van der Waals surface area contributed by atoms with Crippen molar-refractivity contribution >= 4 is 28.1 Å². The maximum Gasteiger partial charge on any atom is 0.405 e. The topological polar surface area (TPSA) is 57.8 Å². The Morgan fingerprint density at radius 2 is 2.26 bits per heavy atom. The third kappa shape index (κ3) is 2.65. The van der Waals surface area contributed by atoms with Gasteiger partial charge in [-0.05, 0) is 6.92 Å². The van der Waals surface area contributed by atoms with E-state index in [2.05, 4.69) is 4.98 Å². The summed E-state index contributed by atoms with van der Waals surface area (Å²) < 4.78 is 38.7. The minimum Gasteiger partial charge on any atom is -0.476 e. The fourth-order valence-electron chi connectivity index (χ4n) is 1.75. The van der Waals surface area contributed by atoms with Gasteiger partial charge in [0.1, 0.15) is 6.54 Å². The van der Waals surface area contributed by atoms with Crippen LogP contribution in [0.3, 0.4) is 0 Å². The molecule has 2 aromatic heterocycles. The third-order valence-electron chi connectivity index (χ3n) is 2.50. The number of carboxylic acid groups (broad SMARTS) is 1. The van der Waals surface area contributed by atoms with Crippen molar-refractivity contribution in [1.29, 1.82) is 0 Å². The highest BCUT2D eigenvalue weighted by atomic mass is 32.1. The van der Waals surface area contributed by atoms with Crippen LogP contribution < -0.4 is 4.90 Å². The van der Waals surface area contributed by atoms with Gasteiger partial charge in [0.15, 0.2) is 16.5 Å². The highest BCUT2D eigenvalue weighted by Crippen LogP contribution is 2.27. The van der Waals surface area contributed by atoms with E-state index < -0.39 is 18.7 Å². The van der Waals surface area contributed by atoms with Crippen molar-refractivity contribution < 1.29 is 23.1 Å². The number of nitrogens with zero attached hydrogens (tertiary/aromatic N) is 3. The molecule has 0 radical (unpaired) electrons. The van der Waals surface area contributed by atoms with Crippen molar-refractivity contribution in [2.45, 2.75) is 13.1 Å². The van der Waals surface area contributed by atoms with Gasteiger partial charge in [-0.25, -0.2) is 9.78 Å².